The molecule has 0 saturated carbocycles. The predicted octanol–water partition coefficient (Wildman–Crippen LogP) is 3.45. The average molecular weight is 399 g/mol. The first-order valence-electron chi connectivity index (χ1n) is 9.11. The minimum atomic E-state index is -0.441. The van der Waals surface area contributed by atoms with E-state index in [0.717, 1.165) is 16.2 Å². The van der Waals surface area contributed by atoms with E-state index in [4.69, 9.17) is 9.15 Å². The molecule has 0 aliphatic carbocycles. The zero-order valence-corrected chi connectivity index (χ0v) is 16.6. The molecule has 0 aliphatic heterocycles. The summed E-state index contributed by atoms with van der Waals surface area (Å²) in [7, 11) is 0. The molecule has 1 aromatic carbocycles. The Kier molecular flexibility index (Phi) is 6.62. The Bertz CT molecular complexity index is 919. The van der Waals surface area contributed by atoms with Gasteiger partial charge in [0.25, 0.3) is 5.91 Å². The van der Waals surface area contributed by atoms with Crippen molar-refractivity contribution in [1.29, 1.82) is 0 Å². The van der Waals surface area contributed by atoms with E-state index in [1.165, 1.54) is 11.3 Å². The third kappa shape index (κ3) is 4.88. The topological polar surface area (TPSA) is 85.1 Å². The van der Waals surface area contributed by atoms with Crippen molar-refractivity contribution in [3.05, 3.63) is 66.1 Å². The van der Waals surface area contributed by atoms with Crippen LogP contribution in [-0.2, 0) is 9.53 Å². The molecular weight excluding hydrogens is 376 g/mol. The summed E-state index contributed by atoms with van der Waals surface area (Å²) in [5.41, 5.74) is 1.36. The summed E-state index contributed by atoms with van der Waals surface area (Å²) < 4.78 is 10.5. The second-order valence-corrected chi connectivity index (χ2v) is 7.28. The molecule has 7 heteroatoms. The highest BCUT2D eigenvalue weighted by atomic mass is 32.1. The highest BCUT2D eigenvalue weighted by Gasteiger charge is 2.21. The number of rotatable bonds is 8. The number of furan rings is 1. The Balaban J connectivity index is 1.73. The summed E-state index contributed by atoms with van der Waals surface area (Å²) >= 11 is 1.36. The molecule has 2 heterocycles. The van der Waals surface area contributed by atoms with Crippen molar-refractivity contribution in [3.63, 3.8) is 0 Å². The number of carbonyl (C=O) groups is 2. The highest BCUT2D eigenvalue weighted by molar-refractivity contribution is 7.20. The van der Waals surface area contributed by atoms with Gasteiger partial charge in [0, 0.05) is 4.88 Å². The Morgan fingerprint density at radius 3 is 2.68 bits per heavy atom. The van der Waals surface area contributed by atoms with E-state index in [0.29, 0.717) is 10.6 Å². The minimum absolute atomic E-state index is 0.0218. The fourth-order valence-corrected chi connectivity index (χ4v) is 3.78. The standard InChI is InChI=1S/C21H22N2O4S/c1-3-26-21(25)16-12-18(15-8-5-4-6-9-15)28-20(16)23-19(24)13-22-14(2)17-10-7-11-27-17/h4-12,14,22H,3,13H2,1-2H3,(H,23,24)/p+1/t14-/m1/s1. The largest absolute Gasteiger partial charge is 0.463 e. The first-order valence-corrected chi connectivity index (χ1v) is 9.93. The van der Waals surface area contributed by atoms with Crippen LogP contribution < -0.4 is 10.6 Å². The van der Waals surface area contributed by atoms with E-state index in [2.05, 4.69) is 5.32 Å². The van der Waals surface area contributed by atoms with Crippen molar-refractivity contribution in [2.45, 2.75) is 19.9 Å². The van der Waals surface area contributed by atoms with Gasteiger partial charge in [0.1, 0.15) is 11.0 Å². The maximum absolute atomic E-state index is 12.4. The van der Waals surface area contributed by atoms with Gasteiger partial charge in [-0.15, -0.1) is 11.3 Å². The van der Waals surface area contributed by atoms with Gasteiger partial charge in [-0.05, 0) is 37.6 Å². The summed E-state index contributed by atoms with van der Waals surface area (Å²) in [4.78, 5) is 25.7. The Morgan fingerprint density at radius 2 is 2.00 bits per heavy atom. The van der Waals surface area contributed by atoms with Crippen LogP contribution in [0, 0.1) is 0 Å². The molecule has 0 unspecified atom stereocenters. The number of nitrogens with one attached hydrogen (secondary N) is 1. The summed E-state index contributed by atoms with van der Waals surface area (Å²) in [5, 5.41) is 5.24. The number of hydrogen-bond acceptors (Lipinski definition) is 5. The van der Waals surface area contributed by atoms with Gasteiger partial charge < -0.3 is 19.8 Å². The van der Waals surface area contributed by atoms with Crippen molar-refractivity contribution in [2.75, 3.05) is 18.5 Å². The first kappa shape index (κ1) is 19.9. The molecule has 3 N–H and O–H groups in total. The van der Waals surface area contributed by atoms with Crippen LogP contribution in [0.25, 0.3) is 10.4 Å². The lowest BCUT2D eigenvalue weighted by Gasteiger charge is -2.09. The van der Waals surface area contributed by atoms with Crippen molar-refractivity contribution < 1.29 is 24.1 Å². The van der Waals surface area contributed by atoms with E-state index < -0.39 is 5.97 Å². The average Bonchev–Trinajstić information content (AvgIpc) is 3.37. The van der Waals surface area contributed by atoms with Gasteiger partial charge in [0.15, 0.2) is 12.3 Å². The van der Waals surface area contributed by atoms with Gasteiger partial charge in [-0.3, -0.25) is 4.79 Å². The number of ether oxygens (including phenoxy) is 1. The predicted molar refractivity (Wildman–Crippen MR) is 108 cm³/mol. The van der Waals surface area contributed by atoms with Gasteiger partial charge in [-0.2, -0.15) is 0 Å². The van der Waals surface area contributed by atoms with E-state index in [1.807, 2.05) is 54.7 Å². The summed E-state index contributed by atoms with van der Waals surface area (Å²) in [6.45, 7) is 4.21. The van der Waals surface area contributed by atoms with Crippen LogP contribution >= 0.6 is 11.3 Å². The Hall–Kier alpha value is -2.90. The van der Waals surface area contributed by atoms with Gasteiger partial charge in [0.2, 0.25) is 0 Å². The van der Waals surface area contributed by atoms with E-state index in [1.54, 1.807) is 19.3 Å². The minimum Gasteiger partial charge on any atom is -0.463 e. The zero-order chi connectivity index (χ0) is 19.9. The number of nitrogens with two attached hydrogens (primary N) is 1. The second kappa shape index (κ2) is 9.34. The second-order valence-electron chi connectivity index (χ2n) is 6.23. The lowest BCUT2D eigenvalue weighted by molar-refractivity contribution is -0.684. The third-order valence-electron chi connectivity index (χ3n) is 4.19. The Morgan fingerprint density at radius 1 is 1.21 bits per heavy atom. The summed E-state index contributed by atoms with van der Waals surface area (Å²) in [6, 6.07) is 15.2. The van der Waals surface area contributed by atoms with Crippen LogP contribution in [-0.4, -0.2) is 25.0 Å². The number of thiophene rings is 1. The molecule has 0 fully saturated rings. The van der Waals surface area contributed by atoms with Gasteiger partial charge >= 0.3 is 5.97 Å². The number of amides is 1. The molecule has 3 aromatic rings. The monoisotopic (exact) mass is 399 g/mol. The molecule has 1 amide bonds. The van der Waals surface area contributed by atoms with Crippen LogP contribution in [0.5, 0.6) is 0 Å². The molecule has 2 aromatic heterocycles. The fraction of sp³-hybridized carbons (Fsp3) is 0.238. The Labute approximate surface area is 167 Å². The molecule has 0 spiro atoms. The van der Waals surface area contributed by atoms with Gasteiger partial charge in [0.05, 0.1) is 18.4 Å². The molecule has 0 bridgehead atoms. The zero-order valence-electron chi connectivity index (χ0n) is 15.8. The number of anilines is 1. The lowest BCUT2D eigenvalue weighted by atomic mass is 10.1. The van der Waals surface area contributed by atoms with Crippen molar-refractivity contribution in [1.82, 2.24) is 0 Å². The van der Waals surface area contributed by atoms with E-state index in [9.17, 15) is 9.59 Å². The molecule has 3 rings (SSSR count). The van der Waals surface area contributed by atoms with Crippen LogP contribution in [0.1, 0.15) is 36.0 Å². The molecular formula is C21H23N2O4S+. The maximum Gasteiger partial charge on any atom is 0.341 e. The molecule has 0 aliphatic rings. The van der Waals surface area contributed by atoms with Crippen LogP contribution in [0.3, 0.4) is 0 Å². The SMILES string of the molecule is CCOC(=O)c1cc(-c2ccccc2)sc1NC(=O)C[NH2+][C@H](C)c1ccco1. The van der Waals surface area contributed by atoms with Crippen LogP contribution in [0.2, 0.25) is 0 Å². The van der Waals surface area contributed by atoms with Crippen LogP contribution in [0.15, 0.2) is 59.2 Å². The summed E-state index contributed by atoms with van der Waals surface area (Å²) in [5.74, 6) is 0.178. The molecule has 1 atom stereocenters. The van der Waals surface area contributed by atoms with E-state index in [-0.39, 0.29) is 25.1 Å². The quantitative estimate of drug-likeness (QED) is 0.568. The lowest BCUT2D eigenvalue weighted by Crippen LogP contribution is -2.86. The molecule has 28 heavy (non-hydrogen) atoms. The fourth-order valence-electron chi connectivity index (χ4n) is 2.72. The highest BCUT2D eigenvalue weighted by Crippen LogP contribution is 2.35. The van der Waals surface area contributed by atoms with E-state index >= 15 is 0 Å². The van der Waals surface area contributed by atoms with Crippen molar-refractivity contribution in [3.8, 4) is 10.4 Å². The molecule has 0 radical (unpaired) electrons. The molecule has 6 nitrogen and oxygen atoms in total. The van der Waals surface area contributed by atoms with Gasteiger partial charge in [-0.25, -0.2) is 4.79 Å². The number of benzene rings is 1. The maximum atomic E-state index is 12.4. The number of hydrogen-bond donors (Lipinski definition) is 2. The molecule has 0 saturated heterocycles. The smallest absolute Gasteiger partial charge is 0.341 e. The first-order chi connectivity index (χ1) is 13.6. The van der Waals surface area contributed by atoms with Crippen molar-refractivity contribution >= 4 is 28.2 Å². The number of carbonyl (C=O) groups excluding carboxylic acids is 2. The van der Waals surface area contributed by atoms with Crippen molar-refractivity contribution in [2.24, 2.45) is 0 Å². The molecule has 146 valence electrons. The normalized spacial score (nSPS) is 11.8. The van der Waals surface area contributed by atoms with Crippen LogP contribution in [0.4, 0.5) is 5.00 Å². The number of esters is 1. The summed E-state index contributed by atoms with van der Waals surface area (Å²) in [6.07, 6.45) is 1.61. The third-order valence-corrected chi connectivity index (χ3v) is 5.29. The number of quaternary nitrogens is 1. The van der Waals surface area contributed by atoms with Gasteiger partial charge in [-0.1, -0.05) is 30.3 Å².